The predicted octanol–water partition coefficient (Wildman–Crippen LogP) is 1.29. The maximum Gasteiger partial charge on any atom is 0.243 e. The van der Waals surface area contributed by atoms with Crippen LogP contribution in [0.25, 0.3) is 0 Å². The summed E-state index contributed by atoms with van der Waals surface area (Å²) in [6.07, 6.45) is 8.03. The third-order valence-electron chi connectivity index (χ3n) is 2.80. The first-order valence-electron chi connectivity index (χ1n) is 6.02. The van der Waals surface area contributed by atoms with E-state index in [0.717, 1.165) is 13.0 Å². The fourth-order valence-electron chi connectivity index (χ4n) is 1.82. The zero-order valence-corrected chi connectivity index (χ0v) is 10.5. The molecule has 94 valence electrons. The Balaban J connectivity index is 2.31. The summed E-state index contributed by atoms with van der Waals surface area (Å²) < 4.78 is 0. The molecule has 0 aromatic rings. The van der Waals surface area contributed by atoms with Gasteiger partial charge < -0.3 is 5.32 Å². The average Bonchev–Trinajstić information content (AvgIpc) is 2.30. The highest BCUT2D eigenvalue weighted by Crippen LogP contribution is 2.06. The predicted molar refractivity (Wildman–Crippen MR) is 67.4 cm³/mol. The van der Waals surface area contributed by atoms with Crippen molar-refractivity contribution in [1.82, 2.24) is 10.6 Å². The minimum absolute atomic E-state index is 0.170. The molecule has 4 heteroatoms. The molecule has 1 saturated heterocycles. The molecule has 1 aliphatic rings. The molecule has 0 saturated carbocycles. The van der Waals surface area contributed by atoms with Gasteiger partial charge in [0, 0.05) is 6.42 Å². The van der Waals surface area contributed by atoms with Crippen molar-refractivity contribution in [3.8, 4) is 0 Å². The van der Waals surface area contributed by atoms with Crippen molar-refractivity contribution in [3.05, 3.63) is 23.8 Å². The Labute approximate surface area is 102 Å². The zero-order chi connectivity index (χ0) is 12.7. The van der Waals surface area contributed by atoms with Crippen molar-refractivity contribution in [2.24, 2.45) is 0 Å². The number of nitrogens with one attached hydrogen (secondary N) is 2. The van der Waals surface area contributed by atoms with Gasteiger partial charge >= 0.3 is 0 Å². The molecule has 1 heterocycles. The highest BCUT2D eigenvalue weighted by Gasteiger charge is 2.25. The number of hydrogen-bond acceptors (Lipinski definition) is 3. The molecule has 0 aliphatic carbocycles. The fraction of sp³-hybridized carbons (Fsp3) is 0.538. The summed E-state index contributed by atoms with van der Waals surface area (Å²) in [5, 5.41) is 5.51. The largest absolute Gasteiger partial charge is 0.306 e. The Bertz CT molecular complexity index is 345. The first-order valence-corrected chi connectivity index (χ1v) is 6.02. The number of amides is 2. The molecule has 0 bridgehead atoms. The summed E-state index contributed by atoms with van der Waals surface area (Å²) in [5.74, 6) is -0.370. The standard InChI is InChI=1S/C13H20N2O2/c1-3-5-10(4-2)8-9-14-11-6-7-12(16)15-13(11)17/h3-5,11,14H,6-9H2,1-2H3,(H,15,16,17)/b5-3-,10-4+. The molecule has 0 radical (unpaired) electrons. The van der Waals surface area contributed by atoms with Crippen molar-refractivity contribution >= 4 is 11.8 Å². The van der Waals surface area contributed by atoms with E-state index in [0.29, 0.717) is 12.8 Å². The molecule has 1 aliphatic heterocycles. The van der Waals surface area contributed by atoms with Crippen LogP contribution in [0.2, 0.25) is 0 Å². The van der Waals surface area contributed by atoms with Gasteiger partial charge in [0.2, 0.25) is 11.8 Å². The van der Waals surface area contributed by atoms with Crippen molar-refractivity contribution < 1.29 is 9.59 Å². The first-order chi connectivity index (χ1) is 8.17. The molecular formula is C13H20N2O2. The number of carbonyl (C=O) groups is 2. The number of piperidine rings is 1. The summed E-state index contributed by atoms with van der Waals surface area (Å²) in [4.78, 5) is 22.4. The lowest BCUT2D eigenvalue weighted by atomic mass is 10.1. The summed E-state index contributed by atoms with van der Waals surface area (Å²) in [7, 11) is 0. The summed E-state index contributed by atoms with van der Waals surface area (Å²) in [5.41, 5.74) is 1.24. The third kappa shape index (κ3) is 4.53. The van der Waals surface area contributed by atoms with Crippen LogP contribution in [0, 0.1) is 0 Å². The minimum atomic E-state index is -0.226. The molecule has 0 spiro atoms. The average molecular weight is 236 g/mol. The lowest BCUT2D eigenvalue weighted by Crippen LogP contribution is -2.50. The van der Waals surface area contributed by atoms with Crippen LogP contribution in [-0.2, 0) is 9.59 Å². The van der Waals surface area contributed by atoms with Crippen molar-refractivity contribution in [1.29, 1.82) is 0 Å². The summed E-state index contributed by atoms with van der Waals surface area (Å²) in [6, 6.07) is -0.226. The van der Waals surface area contributed by atoms with Gasteiger partial charge in [-0.1, -0.05) is 23.8 Å². The number of imide groups is 1. The molecule has 0 aromatic carbocycles. The highest BCUT2D eigenvalue weighted by molar-refractivity contribution is 6.00. The molecule has 2 amide bonds. The zero-order valence-electron chi connectivity index (χ0n) is 10.5. The molecule has 1 fully saturated rings. The van der Waals surface area contributed by atoms with E-state index < -0.39 is 0 Å². The summed E-state index contributed by atoms with van der Waals surface area (Å²) in [6.45, 7) is 4.73. The Morgan fingerprint density at radius 1 is 1.47 bits per heavy atom. The summed E-state index contributed by atoms with van der Waals surface area (Å²) >= 11 is 0. The van der Waals surface area contributed by atoms with Crippen LogP contribution >= 0.6 is 0 Å². The molecule has 1 atom stereocenters. The van der Waals surface area contributed by atoms with E-state index in [-0.39, 0.29) is 17.9 Å². The Hall–Kier alpha value is -1.42. The van der Waals surface area contributed by atoms with E-state index in [1.165, 1.54) is 5.57 Å². The minimum Gasteiger partial charge on any atom is -0.306 e. The van der Waals surface area contributed by atoms with Gasteiger partial charge in [0.05, 0.1) is 6.04 Å². The lowest BCUT2D eigenvalue weighted by Gasteiger charge is -2.21. The molecule has 1 unspecified atom stereocenters. The van der Waals surface area contributed by atoms with Gasteiger partial charge in [-0.25, -0.2) is 0 Å². The Morgan fingerprint density at radius 3 is 2.82 bits per heavy atom. The van der Waals surface area contributed by atoms with Gasteiger partial charge in [-0.3, -0.25) is 14.9 Å². The molecule has 2 N–H and O–H groups in total. The van der Waals surface area contributed by atoms with Crippen molar-refractivity contribution in [3.63, 3.8) is 0 Å². The highest BCUT2D eigenvalue weighted by atomic mass is 16.2. The lowest BCUT2D eigenvalue weighted by molar-refractivity contribution is -0.134. The molecular weight excluding hydrogens is 216 g/mol. The Morgan fingerprint density at radius 2 is 2.24 bits per heavy atom. The normalized spacial score (nSPS) is 22.0. The van der Waals surface area contributed by atoms with Gasteiger partial charge in [0.15, 0.2) is 0 Å². The van der Waals surface area contributed by atoms with Crippen LogP contribution in [0.1, 0.15) is 33.1 Å². The molecule has 0 aromatic heterocycles. The van der Waals surface area contributed by atoms with E-state index in [1.54, 1.807) is 0 Å². The maximum absolute atomic E-state index is 11.5. The smallest absolute Gasteiger partial charge is 0.243 e. The van der Waals surface area contributed by atoms with Crippen LogP contribution in [0.5, 0.6) is 0 Å². The number of rotatable bonds is 5. The SMILES string of the molecule is C/C=C\C(=C/C)CCNC1CCC(=O)NC1=O. The van der Waals surface area contributed by atoms with E-state index in [9.17, 15) is 9.59 Å². The van der Waals surface area contributed by atoms with Crippen LogP contribution in [0.3, 0.4) is 0 Å². The second kappa shape index (κ2) is 7.01. The number of hydrogen-bond donors (Lipinski definition) is 2. The fourth-order valence-corrected chi connectivity index (χ4v) is 1.82. The second-order valence-corrected chi connectivity index (χ2v) is 4.07. The van der Waals surface area contributed by atoms with Gasteiger partial charge in [0.25, 0.3) is 0 Å². The number of carbonyl (C=O) groups excluding carboxylic acids is 2. The maximum atomic E-state index is 11.5. The van der Waals surface area contributed by atoms with E-state index in [2.05, 4.69) is 22.8 Å². The monoisotopic (exact) mass is 236 g/mol. The third-order valence-corrected chi connectivity index (χ3v) is 2.80. The molecule has 1 rings (SSSR count). The van der Waals surface area contributed by atoms with Gasteiger partial charge in [-0.05, 0) is 33.2 Å². The van der Waals surface area contributed by atoms with E-state index in [4.69, 9.17) is 0 Å². The van der Waals surface area contributed by atoms with Gasteiger partial charge in [-0.2, -0.15) is 0 Å². The van der Waals surface area contributed by atoms with Crippen LogP contribution < -0.4 is 10.6 Å². The van der Waals surface area contributed by atoms with Crippen molar-refractivity contribution in [2.45, 2.75) is 39.2 Å². The first kappa shape index (κ1) is 13.6. The number of allylic oxidation sites excluding steroid dienone is 3. The van der Waals surface area contributed by atoms with Gasteiger partial charge in [-0.15, -0.1) is 0 Å². The van der Waals surface area contributed by atoms with E-state index in [1.807, 2.05) is 19.9 Å². The van der Waals surface area contributed by atoms with Gasteiger partial charge in [0.1, 0.15) is 0 Å². The Kier molecular flexibility index (Phi) is 5.63. The van der Waals surface area contributed by atoms with Crippen molar-refractivity contribution in [2.75, 3.05) is 6.54 Å². The molecule has 4 nitrogen and oxygen atoms in total. The van der Waals surface area contributed by atoms with E-state index >= 15 is 0 Å². The second-order valence-electron chi connectivity index (χ2n) is 4.07. The van der Waals surface area contributed by atoms with Crippen LogP contribution in [0.4, 0.5) is 0 Å². The van der Waals surface area contributed by atoms with Crippen LogP contribution in [0.15, 0.2) is 23.8 Å². The molecule has 17 heavy (non-hydrogen) atoms. The van der Waals surface area contributed by atoms with Crippen LogP contribution in [-0.4, -0.2) is 24.4 Å². The quantitative estimate of drug-likeness (QED) is 0.558. The topological polar surface area (TPSA) is 58.2 Å².